The quantitative estimate of drug-likeness (QED) is 0.734. The lowest BCUT2D eigenvalue weighted by atomic mass is 10.1. The van der Waals surface area contributed by atoms with E-state index in [0.29, 0.717) is 31.5 Å². The van der Waals surface area contributed by atoms with E-state index in [0.717, 1.165) is 11.1 Å². The zero-order chi connectivity index (χ0) is 21.7. The van der Waals surface area contributed by atoms with Crippen molar-refractivity contribution in [2.45, 2.75) is 37.6 Å². The highest BCUT2D eigenvalue weighted by atomic mass is 32.2. The van der Waals surface area contributed by atoms with Gasteiger partial charge in [0.1, 0.15) is 0 Å². The lowest BCUT2D eigenvalue weighted by Gasteiger charge is -2.32. The first-order chi connectivity index (χ1) is 14.3. The van der Waals surface area contributed by atoms with Crippen molar-refractivity contribution in [3.05, 3.63) is 65.2 Å². The first kappa shape index (κ1) is 22.0. The van der Waals surface area contributed by atoms with Crippen molar-refractivity contribution in [2.75, 3.05) is 19.6 Å². The maximum atomic E-state index is 12.7. The predicted octanol–water partition coefficient (Wildman–Crippen LogP) is 2.00. The van der Waals surface area contributed by atoms with Crippen LogP contribution in [0.3, 0.4) is 0 Å². The highest BCUT2D eigenvalue weighted by Gasteiger charge is 2.27. The van der Waals surface area contributed by atoms with Gasteiger partial charge in [0.15, 0.2) is 0 Å². The molecule has 0 aromatic heterocycles. The fraction of sp³-hybridized carbons (Fsp3) is 0.364. The van der Waals surface area contributed by atoms with E-state index in [9.17, 15) is 18.0 Å². The number of rotatable bonds is 6. The van der Waals surface area contributed by atoms with Crippen molar-refractivity contribution in [1.29, 1.82) is 0 Å². The van der Waals surface area contributed by atoms with E-state index in [1.165, 1.54) is 0 Å². The molecule has 1 aliphatic heterocycles. The number of carbonyl (C=O) groups excluding carboxylic acids is 2. The Hall–Kier alpha value is -2.71. The molecule has 0 unspecified atom stereocenters. The molecular weight excluding hydrogens is 402 g/mol. The minimum Gasteiger partial charge on any atom is -0.343 e. The summed E-state index contributed by atoms with van der Waals surface area (Å²) in [6, 6.07) is 13.6. The molecule has 2 N–H and O–H groups in total. The van der Waals surface area contributed by atoms with Gasteiger partial charge in [-0.15, -0.1) is 0 Å². The molecule has 1 fully saturated rings. The number of nitrogens with zero attached hydrogens (tertiary/aromatic N) is 1. The van der Waals surface area contributed by atoms with Crippen LogP contribution in [0, 0.1) is 13.8 Å². The molecule has 8 heteroatoms. The predicted molar refractivity (Wildman–Crippen MR) is 115 cm³/mol. The van der Waals surface area contributed by atoms with E-state index in [-0.39, 0.29) is 29.3 Å². The number of sulfonamides is 1. The maximum absolute atomic E-state index is 12.7. The number of carbonyl (C=O) groups is 2. The fourth-order valence-electron chi connectivity index (χ4n) is 3.37. The van der Waals surface area contributed by atoms with Gasteiger partial charge < -0.3 is 10.2 Å². The average molecular weight is 430 g/mol. The van der Waals surface area contributed by atoms with Crippen molar-refractivity contribution in [3.8, 4) is 0 Å². The van der Waals surface area contributed by atoms with E-state index < -0.39 is 10.0 Å². The summed E-state index contributed by atoms with van der Waals surface area (Å²) in [5.74, 6) is -0.463. The average Bonchev–Trinajstić information content (AvgIpc) is 2.74. The van der Waals surface area contributed by atoms with Crippen LogP contribution >= 0.6 is 0 Å². The number of hydrogen-bond acceptors (Lipinski definition) is 4. The standard InChI is InChI=1S/C22H27N3O4S/c1-16-8-9-20(14-17(16)2)30(28,29)24-19-10-12-25(13-11-19)21(26)15-23-22(27)18-6-4-3-5-7-18/h3-9,14,19,24H,10-13,15H2,1-2H3,(H,23,27). The minimum absolute atomic E-state index is 0.0766. The van der Waals surface area contributed by atoms with E-state index in [4.69, 9.17) is 0 Å². The van der Waals surface area contributed by atoms with Gasteiger partial charge in [-0.05, 0) is 62.1 Å². The van der Waals surface area contributed by atoms with Crippen LogP contribution in [0.2, 0.25) is 0 Å². The number of benzene rings is 2. The molecule has 3 rings (SSSR count). The van der Waals surface area contributed by atoms with Crippen LogP contribution < -0.4 is 10.0 Å². The summed E-state index contributed by atoms with van der Waals surface area (Å²) in [7, 11) is -3.60. The van der Waals surface area contributed by atoms with Crippen LogP contribution in [0.4, 0.5) is 0 Å². The third-order valence-electron chi connectivity index (χ3n) is 5.39. The summed E-state index contributed by atoms with van der Waals surface area (Å²) < 4.78 is 28.1. The van der Waals surface area contributed by atoms with Crippen molar-refractivity contribution in [1.82, 2.24) is 14.9 Å². The highest BCUT2D eigenvalue weighted by Crippen LogP contribution is 2.18. The first-order valence-corrected chi connectivity index (χ1v) is 11.5. The van der Waals surface area contributed by atoms with Gasteiger partial charge in [-0.1, -0.05) is 24.3 Å². The fourth-order valence-corrected chi connectivity index (χ4v) is 4.76. The van der Waals surface area contributed by atoms with Crippen LogP contribution in [0.5, 0.6) is 0 Å². The summed E-state index contributed by atoms with van der Waals surface area (Å²) in [5, 5.41) is 2.64. The van der Waals surface area contributed by atoms with Gasteiger partial charge in [-0.3, -0.25) is 9.59 Å². The van der Waals surface area contributed by atoms with Crippen LogP contribution in [-0.4, -0.2) is 50.8 Å². The molecule has 7 nitrogen and oxygen atoms in total. The number of hydrogen-bond donors (Lipinski definition) is 2. The first-order valence-electron chi connectivity index (χ1n) is 9.97. The lowest BCUT2D eigenvalue weighted by molar-refractivity contribution is -0.131. The molecule has 2 aromatic rings. The molecule has 2 amide bonds. The van der Waals surface area contributed by atoms with Gasteiger partial charge in [0.25, 0.3) is 5.91 Å². The second-order valence-electron chi connectivity index (χ2n) is 7.57. The van der Waals surface area contributed by atoms with Gasteiger partial charge >= 0.3 is 0 Å². The second kappa shape index (κ2) is 9.40. The highest BCUT2D eigenvalue weighted by molar-refractivity contribution is 7.89. The topological polar surface area (TPSA) is 95.6 Å². The summed E-state index contributed by atoms with van der Waals surface area (Å²) in [6.45, 7) is 4.64. The Bertz CT molecular complexity index is 1010. The monoisotopic (exact) mass is 429 g/mol. The molecule has 0 aliphatic carbocycles. The van der Waals surface area contributed by atoms with Crippen molar-refractivity contribution < 1.29 is 18.0 Å². The molecule has 0 spiro atoms. The Morgan fingerprint density at radius 2 is 1.67 bits per heavy atom. The minimum atomic E-state index is -3.60. The zero-order valence-electron chi connectivity index (χ0n) is 17.2. The molecular formula is C22H27N3O4S. The van der Waals surface area contributed by atoms with Gasteiger partial charge in [-0.25, -0.2) is 13.1 Å². The SMILES string of the molecule is Cc1ccc(S(=O)(=O)NC2CCN(C(=O)CNC(=O)c3ccccc3)CC2)cc1C. The Kier molecular flexibility index (Phi) is 6.89. The molecule has 0 radical (unpaired) electrons. The third-order valence-corrected chi connectivity index (χ3v) is 6.91. The molecule has 0 bridgehead atoms. The Labute approximate surface area is 177 Å². The Morgan fingerprint density at radius 1 is 1.00 bits per heavy atom. The molecule has 0 atom stereocenters. The van der Waals surface area contributed by atoms with E-state index in [1.807, 2.05) is 19.9 Å². The number of amides is 2. The smallest absolute Gasteiger partial charge is 0.251 e. The Balaban J connectivity index is 1.48. The van der Waals surface area contributed by atoms with Crippen LogP contribution in [0.1, 0.15) is 34.3 Å². The molecule has 30 heavy (non-hydrogen) atoms. The Morgan fingerprint density at radius 3 is 2.30 bits per heavy atom. The van der Waals surface area contributed by atoms with E-state index in [1.54, 1.807) is 47.4 Å². The van der Waals surface area contributed by atoms with Gasteiger partial charge in [0.05, 0.1) is 11.4 Å². The van der Waals surface area contributed by atoms with Crippen molar-refractivity contribution in [2.24, 2.45) is 0 Å². The molecule has 1 aliphatic rings. The number of nitrogens with one attached hydrogen (secondary N) is 2. The summed E-state index contributed by atoms with van der Waals surface area (Å²) >= 11 is 0. The van der Waals surface area contributed by atoms with Gasteiger partial charge in [-0.2, -0.15) is 0 Å². The molecule has 0 saturated carbocycles. The number of piperidine rings is 1. The molecule has 1 heterocycles. The second-order valence-corrected chi connectivity index (χ2v) is 9.29. The molecule has 1 saturated heterocycles. The summed E-state index contributed by atoms with van der Waals surface area (Å²) in [6.07, 6.45) is 1.06. The van der Waals surface area contributed by atoms with Crippen LogP contribution in [-0.2, 0) is 14.8 Å². The third kappa shape index (κ3) is 5.46. The van der Waals surface area contributed by atoms with Crippen LogP contribution in [0.15, 0.2) is 53.4 Å². The maximum Gasteiger partial charge on any atom is 0.251 e. The van der Waals surface area contributed by atoms with Gasteiger partial charge in [0, 0.05) is 24.7 Å². The van der Waals surface area contributed by atoms with Crippen molar-refractivity contribution >= 4 is 21.8 Å². The number of aryl methyl sites for hydroxylation is 2. The summed E-state index contributed by atoms with van der Waals surface area (Å²) in [5.41, 5.74) is 2.47. The molecule has 2 aromatic carbocycles. The number of likely N-dealkylation sites (tertiary alicyclic amines) is 1. The van der Waals surface area contributed by atoms with E-state index >= 15 is 0 Å². The lowest BCUT2D eigenvalue weighted by Crippen LogP contribution is -2.48. The summed E-state index contributed by atoms with van der Waals surface area (Å²) in [4.78, 5) is 26.4. The van der Waals surface area contributed by atoms with E-state index in [2.05, 4.69) is 10.0 Å². The molecule has 160 valence electrons. The zero-order valence-corrected chi connectivity index (χ0v) is 18.0. The largest absolute Gasteiger partial charge is 0.343 e. The normalized spacial score (nSPS) is 15.1. The van der Waals surface area contributed by atoms with Crippen molar-refractivity contribution in [3.63, 3.8) is 0 Å². The van der Waals surface area contributed by atoms with Gasteiger partial charge in [0.2, 0.25) is 15.9 Å². The van der Waals surface area contributed by atoms with Crippen LogP contribution in [0.25, 0.3) is 0 Å².